The van der Waals surface area contributed by atoms with E-state index in [-0.39, 0.29) is 35.9 Å². The second-order valence-corrected chi connectivity index (χ2v) is 9.42. The van der Waals surface area contributed by atoms with Crippen molar-refractivity contribution in [3.8, 4) is 0 Å². The van der Waals surface area contributed by atoms with E-state index in [1.165, 1.54) is 6.08 Å². The molecule has 1 aliphatic rings. The molecule has 1 aromatic rings. The van der Waals surface area contributed by atoms with E-state index in [4.69, 9.17) is 0 Å². The van der Waals surface area contributed by atoms with Crippen LogP contribution in [0.2, 0.25) is 0 Å². The van der Waals surface area contributed by atoms with Crippen molar-refractivity contribution in [2.75, 3.05) is 11.8 Å². The Morgan fingerprint density at radius 2 is 1.90 bits per heavy atom. The fourth-order valence-corrected chi connectivity index (χ4v) is 5.09. The molecule has 0 heterocycles. The van der Waals surface area contributed by atoms with Gasteiger partial charge in [-0.2, -0.15) is 0 Å². The number of allylic oxidation sites excluding steroid dienone is 1. The molecule has 172 valence electrons. The Hall–Kier alpha value is -2.49. The Balaban J connectivity index is 2.18. The summed E-state index contributed by atoms with van der Waals surface area (Å²) in [7, 11) is -3.18. The molecule has 2 unspecified atom stereocenters. The molecule has 0 fully saturated rings. The Bertz CT molecular complexity index is 940. The van der Waals surface area contributed by atoms with Crippen LogP contribution >= 0.6 is 0 Å². The number of anilines is 1. The fraction of sp³-hybridized carbons (Fsp3) is 0.524. The molecule has 7 nitrogen and oxygen atoms in total. The lowest BCUT2D eigenvalue weighted by molar-refractivity contribution is -0.136. The van der Waals surface area contributed by atoms with Gasteiger partial charge in [-0.05, 0) is 43.4 Å². The number of hydrogen-bond donors (Lipinski definition) is 2. The second kappa shape index (κ2) is 10.7. The number of carbonyl (C=O) groups is 2. The van der Waals surface area contributed by atoms with Crippen molar-refractivity contribution < 1.29 is 31.5 Å². The van der Waals surface area contributed by atoms with Crippen molar-refractivity contribution in [2.45, 2.75) is 57.7 Å². The van der Waals surface area contributed by atoms with Crippen molar-refractivity contribution in [2.24, 2.45) is 5.92 Å². The largest absolute Gasteiger partial charge is 0.466 e. The third kappa shape index (κ3) is 6.25. The molecular formula is C21H28F2N2O5S. The summed E-state index contributed by atoms with van der Waals surface area (Å²) in [4.78, 5) is 23.9. The molecule has 0 saturated carbocycles. The first-order chi connectivity index (χ1) is 14.6. The zero-order chi connectivity index (χ0) is 23.2. The lowest BCUT2D eigenvalue weighted by atomic mass is 9.99. The molecule has 10 heteroatoms. The molecule has 0 saturated heterocycles. The summed E-state index contributed by atoms with van der Waals surface area (Å²) in [5.41, 5.74) is -0.727. The highest BCUT2D eigenvalue weighted by atomic mass is 32.2. The molecule has 1 amide bonds. The first kappa shape index (κ1) is 24.8. The van der Waals surface area contributed by atoms with Crippen molar-refractivity contribution in [1.82, 2.24) is 5.32 Å². The number of rotatable bonds is 9. The minimum absolute atomic E-state index is 0.0532. The van der Waals surface area contributed by atoms with E-state index in [2.05, 4.69) is 10.1 Å². The highest BCUT2D eigenvalue weighted by Gasteiger charge is 2.36. The number of halogens is 2. The van der Waals surface area contributed by atoms with Gasteiger partial charge in [0.05, 0.1) is 12.7 Å². The maximum absolute atomic E-state index is 14.5. The Morgan fingerprint density at radius 3 is 2.48 bits per heavy atom. The van der Waals surface area contributed by atoms with Crippen LogP contribution in [0.3, 0.4) is 0 Å². The lowest BCUT2D eigenvalue weighted by Gasteiger charge is -2.23. The number of nitrogens with one attached hydrogen (secondary N) is 2. The average Bonchev–Trinajstić information content (AvgIpc) is 2.74. The van der Waals surface area contributed by atoms with Gasteiger partial charge in [0.1, 0.15) is 10.9 Å². The topological polar surface area (TPSA) is 102 Å². The van der Waals surface area contributed by atoms with Crippen molar-refractivity contribution in [3.05, 3.63) is 41.0 Å². The van der Waals surface area contributed by atoms with Gasteiger partial charge in [0.15, 0.2) is 11.6 Å². The molecule has 0 aliphatic heterocycles. The van der Waals surface area contributed by atoms with Crippen molar-refractivity contribution in [3.63, 3.8) is 0 Å². The third-order valence-corrected chi connectivity index (χ3v) is 6.89. The van der Waals surface area contributed by atoms with E-state index in [9.17, 15) is 26.8 Å². The van der Waals surface area contributed by atoms with E-state index in [1.54, 1.807) is 6.92 Å². The number of benzene rings is 1. The van der Waals surface area contributed by atoms with E-state index in [1.807, 2.05) is 11.6 Å². The molecule has 1 aliphatic carbocycles. The number of sulfonamides is 1. The maximum atomic E-state index is 14.5. The maximum Gasteiger partial charge on any atom is 0.334 e. The van der Waals surface area contributed by atoms with Crippen LogP contribution in [0.25, 0.3) is 0 Å². The Labute approximate surface area is 181 Å². The van der Waals surface area contributed by atoms with Crippen molar-refractivity contribution in [1.29, 1.82) is 0 Å². The Kier molecular flexibility index (Phi) is 8.55. The summed E-state index contributed by atoms with van der Waals surface area (Å²) in [6.45, 7) is 3.62. The number of esters is 1. The third-order valence-electron chi connectivity index (χ3n) is 5.16. The summed E-state index contributed by atoms with van der Waals surface area (Å²) in [5.74, 6) is -3.48. The average molecular weight is 459 g/mol. The molecule has 0 radical (unpaired) electrons. The molecule has 0 aromatic heterocycles. The molecule has 2 rings (SSSR count). The van der Waals surface area contributed by atoms with E-state index < -0.39 is 38.6 Å². The van der Waals surface area contributed by atoms with Crippen LogP contribution < -0.4 is 10.0 Å². The first-order valence-electron chi connectivity index (χ1n) is 10.2. The Morgan fingerprint density at radius 1 is 1.26 bits per heavy atom. The van der Waals surface area contributed by atoms with Gasteiger partial charge in [-0.3, -0.25) is 9.52 Å². The van der Waals surface area contributed by atoms with Crippen LogP contribution in [-0.2, 0) is 30.9 Å². The van der Waals surface area contributed by atoms with Gasteiger partial charge in [-0.15, -0.1) is 0 Å². The minimum atomic E-state index is -4.31. The molecular weight excluding hydrogens is 430 g/mol. The minimum Gasteiger partial charge on any atom is -0.466 e. The van der Waals surface area contributed by atoms with Gasteiger partial charge in [-0.1, -0.05) is 26.3 Å². The molecule has 2 N–H and O–H groups in total. The lowest BCUT2D eigenvalue weighted by Crippen LogP contribution is -2.35. The summed E-state index contributed by atoms with van der Waals surface area (Å²) in [5, 5.41) is 1.34. The van der Waals surface area contributed by atoms with Gasteiger partial charge >= 0.3 is 5.97 Å². The predicted molar refractivity (Wildman–Crippen MR) is 113 cm³/mol. The van der Waals surface area contributed by atoms with E-state index >= 15 is 0 Å². The number of carbonyl (C=O) groups excluding carboxylic acids is 2. The SMILES string of the molecule is CCCC(C)C(=O)NCc1cc(F)c(NS(=O)(=O)C2CCCC=C2C(=O)OC)c(F)c1. The second-order valence-electron chi connectivity index (χ2n) is 7.56. The summed E-state index contributed by atoms with van der Waals surface area (Å²) in [6, 6.07) is 1.92. The number of methoxy groups -OCH3 is 1. The fourth-order valence-electron chi connectivity index (χ4n) is 3.47. The predicted octanol–water partition coefficient (Wildman–Crippen LogP) is 3.41. The standard InChI is InChI=1S/C21H28F2N2O5S/c1-4-7-13(2)20(26)24-12-14-10-16(22)19(17(23)11-14)25-31(28,29)18-9-6-5-8-15(18)21(27)30-3/h8,10-11,13,18,25H,4-7,9,12H2,1-3H3,(H,24,26). The molecule has 0 bridgehead atoms. The normalized spacial score (nSPS) is 17.5. The zero-order valence-corrected chi connectivity index (χ0v) is 18.7. The van der Waals surface area contributed by atoms with Crippen LogP contribution in [0, 0.1) is 17.6 Å². The zero-order valence-electron chi connectivity index (χ0n) is 17.8. The summed E-state index contributed by atoms with van der Waals surface area (Å²) in [6.07, 6.45) is 4.14. The van der Waals surface area contributed by atoms with Gasteiger partial charge in [0.2, 0.25) is 15.9 Å². The molecule has 2 atom stereocenters. The van der Waals surface area contributed by atoms with Gasteiger partial charge in [-0.25, -0.2) is 22.0 Å². The monoisotopic (exact) mass is 458 g/mol. The van der Waals surface area contributed by atoms with Crippen molar-refractivity contribution >= 4 is 27.6 Å². The number of ether oxygens (including phenoxy) is 1. The number of hydrogen-bond acceptors (Lipinski definition) is 5. The first-order valence-corrected chi connectivity index (χ1v) is 11.7. The highest BCUT2D eigenvalue weighted by molar-refractivity contribution is 7.93. The van der Waals surface area contributed by atoms with E-state index in [0.717, 1.165) is 25.7 Å². The van der Waals surface area contributed by atoms with Crippen LogP contribution in [-0.4, -0.2) is 32.7 Å². The van der Waals surface area contributed by atoms with E-state index in [0.29, 0.717) is 19.3 Å². The number of amides is 1. The molecule has 31 heavy (non-hydrogen) atoms. The quantitative estimate of drug-likeness (QED) is 0.552. The van der Waals surface area contributed by atoms with Gasteiger partial charge in [0, 0.05) is 12.5 Å². The summed E-state index contributed by atoms with van der Waals surface area (Å²) < 4.78 is 61.2. The van der Waals surface area contributed by atoms with Crippen LogP contribution in [0.4, 0.5) is 14.5 Å². The smallest absolute Gasteiger partial charge is 0.334 e. The highest BCUT2D eigenvalue weighted by Crippen LogP contribution is 2.29. The van der Waals surface area contributed by atoms with Crippen LogP contribution in [0.15, 0.2) is 23.8 Å². The molecule has 1 aromatic carbocycles. The van der Waals surface area contributed by atoms with Crippen LogP contribution in [0.5, 0.6) is 0 Å². The molecule has 0 spiro atoms. The van der Waals surface area contributed by atoms with Crippen LogP contribution in [0.1, 0.15) is 51.5 Å². The van der Waals surface area contributed by atoms with Gasteiger partial charge < -0.3 is 10.1 Å². The van der Waals surface area contributed by atoms with Gasteiger partial charge in [0.25, 0.3) is 0 Å². The summed E-state index contributed by atoms with van der Waals surface area (Å²) >= 11 is 0.